The quantitative estimate of drug-likeness (QED) is 0.739. The first-order valence-corrected chi connectivity index (χ1v) is 4.03. The smallest absolute Gasteiger partial charge is 0.212 e. The molecule has 1 N–H and O–H groups in total. The molecular weight excluding hydrogens is 222 g/mol. The van der Waals surface area contributed by atoms with Crippen molar-refractivity contribution in [2.75, 3.05) is 0 Å². The number of rotatable bonds is 0. The Kier molecular flexibility index (Phi) is 1.65. The van der Waals surface area contributed by atoms with E-state index < -0.39 is 0 Å². The molecule has 2 aromatic rings. The first kappa shape index (κ1) is 7.42. The average Bonchev–Trinajstić information content (AvgIpc) is 2.03. The van der Waals surface area contributed by atoms with E-state index in [1.165, 1.54) is 6.07 Å². The summed E-state index contributed by atoms with van der Waals surface area (Å²) in [5.74, 6) is -0.0464. The van der Waals surface area contributed by atoms with Gasteiger partial charge in [0.1, 0.15) is 10.1 Å². The Bertz CT molecular complexity index is 395. The summed E-state index contributed by atoms with van der Waals surface area (Å²) in [5.41, 5.74) is 1.10. The van der Waals surface area contributed by atoms with Crippen LogP contribution >= 0.6 is 15.9 Å². The predicted molar refractivity (Wildman–Crippen MR) is 46.7 cm³/mol. The number of aromatic hydroxyl groups is 1. The maximum Gasteiger partial charge on any atom is 0.212 e. The minimum atomic E-state index is -0.0464. The van der Waals surface area contributed by atoms with Gasteiger partial charge in [0.2, 0.25) is 5.88 Å². The van der Waals surface area contributed by atoms with Gasteiger partial charge in [-0.05, 0) is 22.0 Å². The first-order chi connectivity index (χ1) is 5.75. The molecule has 12 heavy (non-hydrogen) atoms. The van der Waals surface area contributed by atoms with E-state index in [4.69, 9.17) is 5.11 Å². The van der Waals surface area contributed by atoms with Crippen LogP contribution in [0.25, 0.3) is 11.2 Å². The van der Waals surface area contributed by atoms with Crippen molar-refractivity contribution in [2.45, 2.75) is 0 Å². The zero-order chi connectivity index (χ0) is 8.55. The number of halogens is 1. The van der Waals surface area contributed by atoms with Crippen molar-refractivity contribution in [3.63, 3.8) is 0 Å². The van der Waals surface area contributed by atoms with Crippen molar-refractivity contribution in [3.05, 3.63) is 22.9 Å². The summed E-state index contributed by atoms with van der Waals surface area (Å²) in [6.45, 7) is 0. The second kappa shape index (κ2) is 2.67. The van der Waals surface area contributed by atoms with Gasteiger partial charge in [-0.15, -0.1) is 0 Å². The van der Waals surface area contributed by atoms with E-state index in [9.17, 15) is 0 Å². The highest BCUT2D eigenvalue weighted by Gasteiger charge is 1.99. The minimum absolute atomic E-state index is 0.0464. The molecular formula is C7H4BrN3O. The summed E-state index contributed by atoms with van der Waals surface area (Å²) < 4.78 is 0.605. The third-order valence-corrected chi connectivity index (χ3v) is 1.74. The van der Waals surface area contributed by atoms with Crippen molar-refractivity contribution < 1.29 is 5.11 Å². The maximum absolute atomic E-state index is 9.03. The van der Waals surface area contributed by atoms with Gasteiger partial charge >= 0.3 is 0 Å². The van der Waals surface area contributed by atoms with Gasteiger partial charge in [0.25, 0.3) is 0 Å². The Morgan fingerprint density at radius 1 is 1.25 bits per heavy atom. The zero-order valence-corrected chi connectivity index (χ0v) is 7.48. The molecule has 4 nitrogen and oxygen atoms in total. The molecule has 0 atom stereocenters. The van der Waals surface area contributed by atoms with Crippen LogP contribution in [-0.4, -0.2) is 20.1 Å². The summed E-state index contributed by atoms with van der Waals surface area (Å²) >= 11 is 3.16. The van der Waals surface area contributed by atoms with Gasteiger partial charge in [-0.2, -0.15) is 4.98 Å². The van der Waals surface area contributed by atoms with E-state index in [2.05, 4.69) is 30.9 Å². The lowest BCUT2D eigenvalue weighted by molar-refractivity contribution is 0.455. The second-order valence-corrected chi connectivity index (χ2v) is 3.02. The van der Waals surface area contributed by atoms with Crippen LogP contribution in [0.2, 0.25) is 0 Å². The molecule has 0 aliphatic carbocycles. The van der Waals surface area contributed by atoms with E-state index in [-0.39, 0.29) is 5.88 Å². The van der Waals surface area contributed by atoms with Crippen LogP contribution < -0.4 is 0 Å². The normalized spacial score (nSPS) is 10.4. The lowest BCUT2D eigenvalue weighted by Crippen LogP contribution is -1.87. The standard InChI is InChI=1S/C7H4BrN3O/c8-5-3-9-4-1-2-6(12)11-7(4)10-5/h1-3H,(H,10,11,12). The Balaban J connectivity index is 2.80. The number of hydrogen-bond acceptors (Lipinski definition) is 4. The summed E-state index contributed by atoms with van der Waals surface area (Å²) in [6, 6.07) is 3.14. The molecule has 0 aliphatic heterocycles. The molecule has 0 aromatic carbocycles. The Morgan fingerprint density at radius 2 is 2.08 bits per heavy atom. The molecule has 2 rings (SSSR count). The van der Waals surface area contributed by atoms with E-state index in [1.54, 1.807) is 12.3 Å². The third-order valence-electron chi connectivity index (χ3n) is 1.36. The largest absolute Gasteiger partial charge is 0.493 e. The van der Waals surface area contributed by atoms with Gasteiger partial charge in [0.05, 0.1) is 6.20 Å². The monoisotopic (exact) mass is 225 g/mol. The Hall–Kier alpha value is -1.23. The van der Waals surface area contributed by atoms with E-state index >= 15 is 0 Å². The van der Waals surface area contributed by atoms with Gasteiger partial charge in [-0.1, -0.05) is 0 Å². The molecule has 0 spiro atoms. The van der Waals surface area contributed by atoms with E-state index in [0.29, 0.717) is 15.8 Å². The summed E-state index contributed by atoms with van der Waals surface area (Å²) in [7, 11) is 0. The minimum Gasteiger partial charge on any atom is -0.493 e. The topological polar surface area (TPSA) is 58.9 Å². The molecule has 0 bridgehead atoms. The number of aromatic nitrogens is 3. The Labute approximate surface area is 76.4 Å². The first-order valence-electron chi connectivity index (χ1n) is 3.24. The molecule has 0 saturated carbocycles. The van der Waals surface area contributed by atoms with Crippen molar-refractivity contribution >= 4 is 27.1 Å². The van der Waals surface area contributed by atoms with Crippen molar-refractivity contribution in [2.24, 2.45) is 0 Å². The summed E-state index contributed by atoms with van der Waals surface area (Å²) in [6.07, 6.45) is 1.58. The fourth-order valence-corrected chi connectivity index (χ4v) is 1.14. The number of hydrogen-bond donors (Lipinski definition) is 1. The fraction of sp³-hybridized carbons (Fsp3) is 0. The predicted octanol–water partition coefficient (Wildman–Crippen LogP) is 1.49. The van der Waals surface area contributed by atoms with Gasteiger partial charge < -0.3 is 5.11 Å². The van der Waals surface area contributed by atoms with Gasteiger partial charge in [0, 0.05) is 6.07 Å². The molecule has 5 heteroatoms. The van der Waals surface area contributed by atoms with Crippen LogP contribution in [0, 0.1) is 0 Å². The van der Waals surface area contributed by atoms with Crippen LogP contribution in [0.15, 0.2) is 22.9 Å². The van der Waals surface area contributed by atoms with Gasteiger partial charge in [0.15, 0.2) is 5.65 Å². The molecule has 0 saturated heterocycles. The fourth-order valence-electron chi connectivity index (χ4n) is 0.867. The molecule has 2 aromatic heterocycles. The van der Waals surface area contributed by atoms with E-state index in [1.807, 2.05) is 0 Å². The number of pyridine rings is 1. The van der Waals surface area contributed by atoms with Crippen molar-refractivity contribution in [1.29, 1.82) is 0 Å². The summed E-state index contributed by atoms with van der Waals surface area (Å²) in [5, 5.41) is 9.03. The Morgan fingerprint density at radius 3 is 2.92 bits per heavy atom. The third kappa shape index (κ3) is 1.23. The molecule has 0 radical (unpaired) electrons. The highest BCUT2D eigenvalue weighted by Crippen LogP contribution is 2.13. The maximum atomic E-state index is 9.03. The average molecular weight is 226 g/mol. The molecule has 0 aliphatic rings. The lowest BCUT2D eigenvalue weighted by Gasteiger charge is -1.95. The summed E-state index contributed by atoms with van der Waals surface area (Å²) in [4.78, 5) is 11.8. The van der Waals surface area contributed by atoms with Crippen LogP contribution in [0.5, 0.6) is 5.88 Å². The molecule has 0 amide bonds. The molecule has 0 unspecified atom stereocenters. The SMILES string of the molecule is Oc1ccc2ncc(Br)nc2n1. The highest BCUT2D eigenvalue weighted by atomic mass is 79.9. The molecule has 60 valence electrons. The molecule has 0 fully saturated rings. The second-order valence-electron chi connectivity index (χ2n) is 2.20. The van der Waals surface area contributed by atoms with Gasteiger partial charge in [-0.3, -0.25) is 4.98 Å². The molecule has 2 heterocycles. The number of nitrogens with zero attached hydrogens (tertiary/aromatic N) is 3. The van der Waals surface area contributed by atoms with Crippen LogP contribution in [0.4, 0.5) is 0 Å². The van der Waals surface area contributed by atoms with Crippen LogP contribution in [0.1, 0.15) is 0 Å². The zero-order valence-electron chi connectivity index (χ0n) is 5.90. The van der Waals surface area contributed by atoms with Gasteiger partial charge in [-0.25, -0.2) is 4.98 Å². The van der Waals surface area contributed by atoms with Crippen LogP contribution in [0.3, 0.4) is 0 Å². The lowest BCUT2D eigenvalue weighted by atomic mass is 10.4. The highest BCUT2D eigenvalue weighted by molar-refractivity contribution is 9.10. The van der Waals surface area contributed by atoms with Crippen molar-refractivity contribution in [1.82, 2.24) is 15.0 Å². The van der Waals surface area contributed by atoms with Crippen molar-refractivity contribution in [3.8, 4) is 5.88 Å². The van der Waals surface area contributed by atoms with E-state index in [0.717, 1.165) is 0 Å². The van der Waals surface area contributed by atoms with Crippen LogP contribution in [-0.2, 0) is 0 Å². The number of fused-ring (bicyclic) bond motifs is 1.